The lowest BCUT2D eigenvalue weighted by atomic mass is 10.1. The Kier molecular flexibility index (Phi) is 4.31. The first-order valence-corrected chi connectivity index (χ1v) is 8.21. The summed E-state index contributed by atoms with van der Waals surface area (Å²) in [5.41, 5.74) is 2.51. The van der Waals surface area contributed by atoms with Gasteiger partial charge in [0.1, 0.15) is 5.01 Å². The summed E-state index contributed by atoms with van der Waals surface area (Å²) >= 11 is 4.74. The summed E-state index contributed by atoms with van der Waals surface area (Å²) in [6.45, 7) is 1.90. The highest BCUT2D eigenvalue weighted by atomic mass is 79.9. The van der Waals surface area contributed by atoms with Gasteiger partial charge in [-0.2, -0.15) is 0 Å². The number of amides is 1. The predicted octanol–water partition coefficient (Wildman–Crippen LogP) is 4.53. The van der Waals surface area contributed by atoms with Crippen molar-refractivity contribution in [3.63, 3.8) is 0 Å². The Hall–Kier alpha value is -2.05. The number of anilines is 1. The summed E-state index contributed by atoms with van der Waals surface area (Å²) in [6.07, 6.45) is 0. The molecular formula is C16H12BrN3OS. The molecule has 0 aliphatic heterocycles. The number of hydrogen-bond donors (Lipinski definition) is 1. The van der Waals surface area contributed by atoms with E-state index in [9.17, 15) is 4.79 Å². The molecule has 1 N–H and O–H groups in total. The van der Waals surface area contributed by atoms with Gasteiger partial charge in [-0.15, -0.1) is 10.2 Å². The summed E-state index contributed by atoms with van der Waals surface area (Å²) in [5, 5.41) is 12.2. The molecule has 0 aliphatic rings. The molecule has 3 rings (SSSR count). The van der Waals surface area contributed by atoms with Crippen LogP contribution < -0.4 is 5.32 Å². The third-order valence-electron chi connectivity index (χ3n) is 3.10. The molecule has 1 amide bonds. The minimum absolute atomic E-state index is 0.180. The monoisotopic (exact) mass is 373 g/mol. The number of aryl methyl sites for hydroxylation is 1. The number of carbonyl (C=O) groups excluding carboxylic acids is 1. The van der Waals surface area contributed by atoms with Gasteiger partial charge >= 0.3 is 0 Å². The van der Waals surface area contributed by atoms with Crippen molar-refractivity contribution in [2.75, 3.05) is 5.32 Å². The first-order valence-electron chi connectivity index (χ1n) is 6.60. The Morgan fingerprint density at radius 2 is 1.91 bits per heavy atom. The molecule has 0 saturated carbocycles. The second-order valence-electron chi connectivity index (χ2n) is 4.69. The van der Waals surface area contributed by atoms with Gasteiger partial charge in [0.05, 0.1) is 0 Å². The van der Waals surface area contributed by atoms with Gasteiger partial charge in [0, 0.05) is 15.6 Å². The molecule has 0 bridgehead atoms. The van der Waals surface area contributed by atoms with E-state index in [1.807, 2.05) is 49.4 Å². The quantitative estimate of drug-likeness (QED) is 0.733. The molecular weight excluding hydrogens is 362 g/mol. The van der Waals surface area contributed by atoms with E-state index < -0.39 is 0 Å². The Bertz CT molecular complexity index is 817. The van der Waals surface area contributed by atoms with Gasteiger partial charge in [0.25, 0.3) is 5.91 Å². The van der Waals surface area contributed by atoms with Gasteiger partial charge in [0.15, 0.2) is 0 Å². The summed E-state index contributed by atoms with van der Waals surface area (Å²) in [7, 11) is 0. The van der Waals surface area contributed by atoms with Crippen molar-refractivity contribution in [2.24, 2.45) is 0 Å². The van der Waals surface area contributed by atoms with Crippen LogP contribution in [0.2, 0.25) is 0 Å². The van der Waals surface area contributed by atoms with Crippen LogP contribution in [-0.2, 0) is 0 Å². The molecule has 0 spiro atoms. The Morgan fingerprint density at radius 3 is 2.64 bits per heavy atom. The minimum atomic E-state index is -0.180. The number of nitrogens with zero attached hydrogens (tertiary/aromatic N) is 2. The highest BCUT2D eigenvalue weighted by molar-refractivity contribution is 9.10. The Balaban J connectivity index is 1.79. The molecule has 6 heteroatoms. The lowest BCUT2D eigenvalue weighted by Crippen LogP contribution is -2.13. The van der Waals surface area contributed by atoms with Gasteiger partial charge in [-0.1, -0.05) is 57.6 Å². The zero-order chi connectivity index (χ0) is 15.5. The standard InChI is InChI=1S/C16H12BrN3OS/c1-10-9-12(17)7-8-13(10)14(21)18-16-20-19-15(22-16)11-5-3-2-4-6-11/h2-9H,1H3,(H,18,20,21). The largest absolute Gasteiger partial charge is 0.296 e. The van der Waals surface area contributed by atoms with Crippen LogP contribution in [0.5, 0.6) is 0 Å². The molecule has 0 unspecified atom stereocenters. The van der Waals surface area contributed by atoms with Crippen LogP contribution in [0.3, 0.4) is 0 Å². The van der Waals surface area contributed by atoms with Crippen molar-refractivity contribution in [2.45, 2.75) is 6.92 Å². The van der Waals surface area contributed by atoms with Gasteiger partial charge < -0.3 is 0 Å². The van der Waals surface area contributed by atoms with Crippen molar-refractivity contribution in [1.29, 1.82) is 0 Å². The number of rotatable bonds is 3. The molecule has 22 heavy (non-hydrogen) atoms. The van der Waals surface area contributed by atoms with E-state index in [1.54, 1.807) is 6.07 Å². The average molecular weight is 374 g/mol. The van der Waals surface area contributed by atoms with Gasteiger partial charge in [-0.25, -0.2) is 0 Å². The summed E-state index contributed by atoms with van der Waals surface area (Å²) in [6, 6.07) is 15.3. The first kappa shape index (κ1) is 14.9. The summed E-state index contributed by atoms with van der Waals surface area (Å²) < 4.78 is 0.948. The van der Waals surface area contributed by atoms with Crippen LogP contribution in [0, 0.1) is 6.92 Å². The van der Waals surface area contributed by atoms with Crippen molar-refractivity contribution in [3.8, 4) is 10.6 Å². The maximum absolute atomic E-state index is 12.3. The van der Waals surface area contributed by atoms with Gasteiger partial charge in [0.2, 0.25) is 5.13 Å². The molecule has 1 heterocycles. The minimum Gasteiger partial charge on any atom is -0.296 e. The van der Waals surface area contributed by atoms with E-state index in [1.165, 1.54) is 11.3 Å². The number of nitrogens with one attached hydrogen (secondary N) is 1. The Labute approximate surface area is 140 Å². The second-order valence-corrected chi connectivity index (χ2v) is 6.58. The molecule has 0 atom stereocenters. The Morgan fingerprint density at radius 1 is 1.14 bits per heavy atom. The lowest BCUT2D eigenvalue weighted by molar-refractivity contribution is 0.102. The van der Waals surface area contributed by atoms with Crippen LogP contribution in [-0.4, -0.2) is 16.1 Å². The third kappa shape index (κ3) is 3.23. The SMILES string of the molecule is Cc1cc(Br)ccc1C(=O)Nc1nnc(-c2ccccc2)s1. The highest BCUT2D eigenvalue weighted by Crippen LogP contribution is 2.26. The van der Waals surface area contributed by atoms with E-state index >= 15 is 0 Å². The topological polar surface area (TPSA) is 54.9 Å². The smallest absolute Gasteiger partial charge is 0.257 e. The number of hydrogen-bond acceptors (Lipinski definition) is 4. The number of aromatic nitrogens is 2. The summed E-state index contributed by atoms with van der Waals surface area (Å²) in [5.74, 6) is -0.180. The van der Waals surface area contributed by atoms with E-state index in [-0.39, 0.29) is 5.91 Å². The number of halogens is 1. The zero-order valence-electron chi connectivity index (χ0n) is 11.7. The number of carbonyl (C=O) groups is 1. The van der Waals surface area contributed by atoms with Gasteiger partial charge in [-0.3, -0.25) is 10.1 Å². The van der Waals surface area contributed by atoms with Crippen LogP contribution in [0.4, 0.5) is 5.13 Å². The van der Waals surface area contributed by atoms with E-state index in [0.717, 1.165) is 20.6 Å². The molecule has 0 aliphatic carbocycles. The van der Waals surface area contributed by atoms with Gasteiger partial charge in [-0.05, 0) is 30.7 Å². The molecule has 0 saturated heterocycles. The maximum Gasteiger partial charge on any atom is 0.257 e. The van der Waals surface area contributed by atoms with E-state index in [4.69, 9.17) is 0 Å². The third-order valence-corrected chi connectivity index (χ3v) is 4.48. The molecule has 2 aromatic carbocycles. The van der Waals surface area contributed by atoms with Crippen LogP contribution in [0.25, 0.3) is 10.6 Å². The number of benzene rings is 2. The average Bonchev–Trinajstić information content (AvgIpc) is 2.96. The highest BCUT2D eigenvalue weighted by Gasteiger charge is 2.13. The molecule has 110 valence electrons. The molecule has 0 fully saturated rings. The fourth-order valence-corrected chi connectivity index (χ4v) is 3.24. The van der Waals surface area contributed by atoms with Crippen LogP contribution in [0.15, 0.2) is 53.0 Å². The maximum atomic E-state index is 12.3. The van der Waals surface area contributed by atoms with Crippen LogP contribution in [0.1, 0.15) is 15.9 Å². The fraction of sp³-hybridized carbons (Fsp3) is 0.0625. The van der Waals surface area contributed by atoms with Crippen molar-refractivity contribution in [3.05, 3.63) is 64.1 Å². The predicted molar refractivity (Wildman–Crippen MR) is 92.2 cm³/mol. The molecule has 3 aromatic rings. The first-order chi connectivity index (χ1) is 10.6. The second kappa shape index (κ2) is 6.37. The van der Waals surface area contributed by atoms with Crippen LogP contribution >= 0.6 is 27.3 Å². The van der Waals surface area contributed by atoms with E-state index in [0.29, 0.717) is 10.7 Å². The lowest BCUT2D eigenvalue weighted by Gasteiger charge is -2.05. The molecule has 4 nitrogen and oxygen atoms in total. The zero-order valence-corrected chi connectivity index (χ0v) is 14.1. The van der Waals surface area contributed by atoms with Crippen molar-refractivity contribution >= 4 is 38.3 Å². The fourth-order valence-electron chi connectivity index (χ4n) is 2.02. The molecule has 0 radical (unpaired) electrons. The van der Waals surface area contributed by atoms with E-state index in [2.05, 4.69) is 31.4 Å². The summed E-state index contributed by atoms with van der Waals surface area (Å²) in [4.78, 5) is 12.3. The normalized spacial score (nSPS) is 10.5. The van der Waals surface area contributed by atoms with Crippen molar-refractivity contribution in [1.82, 2.24) is 10.2 Å². The van der Waals surface area contributed by atoms with Crippen molar-refractivity contribution < 1.29 is 4.79 Å². The molecule has 1 aromatic heterocycles.